The average Bonchev–Trinajstić information content (AvgIpc) is 3.26. The highest BCUT2D eigenvalue weighted by Crippen LogP contribution is 2.35. The van der Waals surface area contributed by atoms with Crippen molar-refractivity contribution in [2.45, 2.75) is 69.8 Å². The fourth-order valence-corrected chi connectivity index (χ4v) is 4.95. The Balaban J connectivity index is 1.53. The highest BCUT2D eigenvalue weighted by Gasteiger charge is 2.35. The van der Waals surface area contributed by atoms with E-state index in [2.05, 4.69) is 20.7 Å². The first-order chi connectivity index (χ1) is 17.2. The third kappa shape index (κ3) is 6.63. The van der Waals surface area contributed by atoms with Crippen molar-refractivity contribution in [3.8, 4) is 11.3 Å². The second kappa shape index (κ2) is 11.7. The molecule has 11 heteroatoms. The Morgan fingerprint density at radius 2 is 1.94 bits per heavy atom. The monoisotopic (exact) mass is 512 g/mol. The fraction of sp³-hybridized carbons (Fsp3) is 0.600. The van der Waals surface area contributed by atoms with Crippen LogP contribution in [-0.2, 0) is 12.7 Å². The minimum absolute atomic E-state index is 0.00385. The number of likely N-dealkylation sites (tertiary alicyclic amines) is 1. The number of aromatic nitrogens is 1. The van der Waals surface area contributed by atoms with Gasteiger partial charge in [-0.05, 0) is 63.7 Å². The molecule has 2 fully saturated rings. The Kier molecular flexibility index (Phi) is 8.63. The standard InChI is InChI=1S/C25H32F4N4O3/c26-21-13-16(7-8-20(21)25(27,28)29)23-19(15-30-9-12-33-10-2-1-3-11-33)22(32-36-23)24(35)31-17-5-4-6-18(34)14-17/h7-8,13,17-18,30,34H,1-6,9-12,14-15H2,(H,31,35)/t17-,18+/m0/s1. The summed E-state index contributed by atoms with van der Waals surface area (Å²) in [5.74, 6) is -1.88. The van der Waals surface area contributed by atoms with Gasteiger partial charge in [0.15, 0.2) is 11.5 Å². The Morgan fingerprint density at radius 3 is 2.64 bits per heavy atom. The maximum atomic E-state index is 14.3. The first-order valence-corrected chi connectivity index (χ1v) is 12.5. The van der Waals surface area contributed by atoms with Crippen molar-refractivity contribution in [1.29, 1.82) is 0 Å². The van der Waals surface area contributed by atoms with E-state index in [9.17, 15) is 27.5 Å². The molecule has 0 spiro atoms. The molecule has 2 atom stereocenters. The van der Waals surface area contributed by atoms with Crippen LogP contribution >= 0.6 is 0 Å². The number of hydrogen-bond acceptors (Lipinski definition) is 6. The molecule has 36 heavy (non-hydrogen) atoms. The zero-order chi connectivity index (χ0) is 25.7. The van der Waals surface area contributed by atoms with Gasteiger partial charge in [-0.1, -0.05) is 17.6 Å². The van der Waals surface area contributed by atoms with Crippen LogP contribution in [0.4, 0.5) is 17.6 Å². The largest absolute Gasteiger partial charge is 0.419 e. The molecule has 2 aliphatic rings. The summed E-state index contributed by atoms with van der Waals surface area (Å²) in [6.45, 7) is 3.68. The first-order valence-electron chi connectivity index (χ1n) is 12.5. The predicted octanol–water partition coefficient (Wildman–Crippen LogP) is 4.11. The lowest BCUT2D eigenvalue weighted by atomic mass is 9.93. The van der Waals surface area contributed by atoms with Crippen LogP contribution in [0.3, 0.4) is 0 Å². The van der Waals surface area contributed by atoms with Crippen LogP contribution in [0.15, 0.2) is 22.7 Å². The van der Waals surface area contributed by atoms with E-state index < -0.39 is 29.6 Å². The van der Waals surface area contributed by atoms with Gasteiger partial charge in [-0.25, -0.2) is 4.39 Å². The van der Waals surface area contributed by atoms with Gasteiger partial charge in [-0.15, -0.1) is 0 Å². The SMILES string of the molecule is O=C(N[C@H]1CCC[C@@H](O)C1)c1noc(-c2ccc(C(F)(F)F)c(F)c2)c1CNCCN1CCCCC1. The van der Waals surface area contributed by atoms with E-state index in [1.54, 1.807) is 0 Å². The minimum Gasteiger partial charge on any atom is -0.393 e. The number of rotatable bonds is 8. The van der Waals surface area contributed by atoms with Crippen molar-refractivity contribution >= 4 is 5.91 Å². The lowest BCUT2D eigenvalue weighted by Crippen LogP contribution is -2.40. The number of carbonyl (C=O) groups is 1. The molecule has 1 aromatic heterocycles. The Morgan fingerprint density at radius 1 is 1.17 bits per heavy atom. The number of aliphatic hydroxyl groups excluding tert-OH is 1. The van der Waals surface area contributed by atoms with Crippen LogP contribution < -0.4 is 10.6 Å². The zero-order valence-electron chi connectivity index (χ0n) is 20.0. The maximum Gasteiger partial charge on any atom is 0.419 e. The number of piperidine rings is 1. The molecule has 3 N–H and O–H groups in total. The van der Waals surface area contributed by atoms with Crippen molar-refractivity contribution in [2.75, 3.05) is 26.2 Å². The van der Waals surface area contributed by atoms with E-state index in [1.807, 2.05) is 0 Å². The van der Waals surface area contributed by atoms with Gasteiger partial charge >= 0.3 is 6.18 Å². The molecule has 2 aromatic rings. The number of alkyl halides is 3. The molecule has 1 saturated carbocycles. The third-order valence-electron chi connectivity index (χ3n) is 6.88. The summed E-state index contributed by atoms with van der Waals surface area (Å²) < 4.78 is 58.7. The predicted molar refractivity (Wildman–Crippen MR) is 125 cm³/mol. The number of halogens is 4. The highest BCUT2D eigenvalue weighted by molar-refractivity contribution is 5.95. The van der Waals surface area contributed by atoms with Crippen molar-refractivity contribution in [1.82, 2.24) is 20.7 Å². The molecular weight excluding hydrogens is 480 g/mol. The van der Waals surface area contributed by atoms with Crippen LogP contribution in [0, 0.1) is 5.82 Å². The van der Waals surface area contributed by atoms with E-state index in [-0.39, 0.29) is 29.6 Å². The summed E-state index contributed by atoms with van der Waals surface area (Å²) in [4.78, 5) is 15.4. The normalized spacial score (nSPS) is 21.5. The van der Waals surface area contributed by atoms with Crippen molar-refractivity contribution in [2.24, 2.45) is 0 Å². The van der Waals surface area contributed by atoms with Gasteiger partial charge in [0.25, 0.3) is 5.91 Å². The lowest BCUT2D eigenvalue weighted by Gasteiger charge is -2.26. The molecule has 7 nitrogen and oxygen atoms in total. The molecule has 0 bridgehead atoms. The Labute approximate surface area is 207 Å². The van der Waals surface area contributed by atoms with Crippen LogP contribution in [0.1, 0.15) is 66.6 Å². The maximum absolute atomic E-state index is 14.3. The van der Waals surface area contributed by atoms with Crippen LogP contribution in [0.5, 0.6) is 0 Å². The summed E-state index contributed by atoms with van der Waals surface area (Å²) in [7, 11) is 0. The van der Waals surface area contributed by atoms with Crippen LogP contribution in [0.25, 0.3) is 11.3 Å². The minimum atomic E-state index is -4.82. The molecule has 0 radical (unpaired) electrons. The molecule has 2 heterocycles. The number of nitrogens with one attached hydrogen (secondary N) is 2. The molecule has 0 unspecified atom stereocenters. The smallest absolute Gasteiger partial charge is 0.393 e. The van der Waals surface area contributed by atoms with Gasteiger partial charge in [0.2, 0.25) is 0 Å². The van der Waals surface area contributed by atoms with Crippen molar-refractivity contribution < 1.29 is 32.0 Å². The van der Waals surface area contributed by atoms with E-state index in [0.717, 1.165) is 57.5 Å². The summed E-state index contributed by atoms with van der Waals surface area (Å²) in [6.07, 6.45) is 0.878. The van der Waals surface area contributed by atoms with Gasteiger partial charge in [0, 0.05) is 36.8 Å². The second-order valence-electron chi connectivity index (χ2n) is 9.60. The summed E-state index contributed by atoms with van der Waals surface area (Å²) in [6, 6.07) is 2.30. The molecule has 1 aromatic carbocycles. The van der Waals surface area contributed by atoms with E-state index in [1.165, 1.54) is 6.42 Å². The Hall–Kier alpha value is -2.50. The third-order valence-corrected chi connectivity index (χ3v) is 6.88. The van der Waals surface area contributed by atoms with E-state index in [0.29, 0.717) is 31.0 Å². The molecule has 1 saturated heterocycles. The number of aliphatic hydroxyl groups is 1. The molecule has 1 amide bonds. The second-order valence-corrected chi connectivity index (χ2v) is 9.60. The van der Waals surface area contributed by atoms with E-state index >= 15 is 0 Å². The van der Waals surface area contributed by atoms with Gasteiger partial charge in [0.05, 0.1) is 11.7 Å². The molecule has 4 rings (SSSR count). The summed E-state index contributed by atoms with van der Waals surface area (Å²) in [5, 5.41) is 20.0. The van der Waals surface area contributed by atoms with E-state index in [4.69, 9.17) is 4.52 Å². The van der Waals surface area contributed by atoms with Crippen molar-refractivity contribution in [3.05, 3.63) is 40.8 Å². The number of amides is 1. The molecular formula is C25H32F4N4O3. The highest BCUT2D eigenvalue weighted by atomic mass is 19.4. The Bertz CT molecular complexity index is 1040. The quantitative estimate of drug-likeness (QED) is 0.364. The van der Waals surface area contributed by atoms with Gasteiger partial charge in [-0.2, -0.15) is 13.2 Å². The molecule has 1 aliphatic carbocycles. The topological polar surface area (TPSA) is 90.6 Å². The van der Waals surface area contributed by atoms with Crippen LogP contribution in [-0.4, -0.2) is 59.4 Å². The van der Waals surface area contributed by atoms with Gasteiger partial charge in [-0.3, -0.25) is 4.79 Å². The average molecular weight is 513 g/mol. The van der Waals surface area contributed by atoms with Crippen LogP contribution in [0.2, 0.25) is 0 Å². The molecule has 198 valence electrons. The summed E-state index contributed by atoms with van der Waals surface area (Å²) in [5.41, 5.74) is -0.966. The molecule has 1 aliphatic heterocycles. The number of hydrogen-bond donors (Lipinski definition) is 3. The number of carbonyl (C=O) groups excluding carboxylic acids is 1. The summed E-state index contributed by atoms with van der Waals surface area (Å²) >= 11 is 0. The zero-order valence-corrected chi connectivity index (χ0v) is 20.0. The van der Waals surface area contributed by atoms with Gasteiger partial charge < -0.3 is 25.2 Å². The lowest BCUT2D eigenvalue weighted by molar-refractivity contribution is -0.139. The first kappa shape index (κ1) is 26.6. The van der Waals surface area contributed by atoms with Crippen molar-refractivity contribution in [3.63, 3.8) is 0 Å². The number of benzene rings is 1. The van der Waals surface area contributed by atoms with Gasteiger partial charge in [0.1, 0.15) is 5.82 Å². The number of nitrogens with zero attached hydrogens (tertiary/aromatic N) is 2. The fourth-order valence-electron chi connectivity index (χ4n) is 4.95.